The van der Waals surface area contributed by atoms with Crippen LogP contribution < -0.4 is 0 Å². The standard InChI is InChI=1S/C11H22N2O2.C2H6/c1-3-12(4-2)9-7-10-6-5-8-13(10)11(14)15;1-2/h10H,3-9H2,1-2H3,(H,14,15);1-2H3/t10-;/m0./s1. The summed E-state index contributed by atoms with van der Waals surface area (Å²) in [6, 6.07) is 0.253. The van der Waals surface area contributed by atoms with Gasteiger partial charge < -0.3 is 14.9 Å². The molecule has 0 saturated carbocycles. The summed E-state index contributed by atoms with van der Waals surface area (Å²) in [6.07, 6.45) is 2.29. The second-order valence-electron chi connectivity index (χ2n) is 4.09. The Morgan fingerprint density at radius 3 is 2.41 bits per heavy atom. The van der Waals surface area contributed by atoms with E-state index in [1.807, 2.05) is 13.8 Å². The lowest BCUT2D eigenvalue weighted by Crippen LogP contribution is -2.37. The molecule has 1 aliphatic rings. The van der Waals surface area contributed by atoms with Crippen LogP contribution in [0.1, 0.15) is 47.0 Å². The number of hydrogen-bond donors (Lipinski definition) is 1. The van der Waals surface area contributed by atoms with Crippen LogP contribution in [0.5, 0.6) is 0 Å². The molecule has 4 heteroatoms. The fourth-order valence-corrected chi connectivity index (χ4v) is 2.26. The zero-order chi connectivity index (χ0) is 13.3. The third kappa shape index (κ3) is 5.39. The summed E-state index contributed by atoms with van der Waals surface area (Å²) in [5.74, 6) is 0. The largest absolute Gasteiger partial charge is 0.465 e. The molecule has 0 spiro atoms. The SMILES string of the molecule is CC.CCN(CC)CC[C@@H]1CCCN1C(=O)O. The Balaban J connectivity index is 0.00000121. The van der Waals surface area contributed by atoms with Gasteiger partial charge in [0.25, 0.3) is 0 Å². The zero-order valence-corrected chi connectivity index (χ0v) is 11.8. The van der Waals surface area contributed by atoms with Crippen molar-refractivity contribution >= 4 is 6.09 Å². The van der Waals surface area contributed by atoms with Gasteiger partial charge in [0.05, 0.1) is 0 Å². The van der Waals surface area contributed by atoms with Crippen LogP contribution in [0, 0.1) is 0 Å². The third-order valence-electron chi connectivity index (χ3n) is 3.30. The quantitative estimate of drug-likeness (QED) is 0.808. The molecule has 0 aromatic heterocycles. The molecule has 102 valence electrons. The maximum atomic E-state index is 10.9. The molecule has 1 rings (SSSR count). The molecule has 0 aromatic rings. The molecule has 1 atom stereocenters. The molecular weight excluding hydrogens is 216 g/mol. The number of carbonyl (C=O) groups is 1. The highest BCUT2D eigenvalue weighted by Crippen LogP contribution is 2.20. The molecule has 1 saturated heterocycles. The van der Waals surface area contributed by atoms with Crippen molar-refractivity contribution < 1.29 is 9.90 Å². The van der Waals surface area contributed by atoms with Gasteiger partial charge in [-0.15, -0.1) is 0 Å². The predicted molar refractivity (Wildman–Crippen MR) is 71.5 cm³/mol. The van der Waals surface area contributed by atoms with E-state index in [0.29, 0.717) is 0 Å². The van der Waals surface area contributed by atoms with Crippen molar-refractivity contribution in [2.45, 2.75) is 53.0 Å². The first-order valence-electron chi connectivity index (χ1n) is 6.91. The Morgan fingerprint density at radius 2 is 1.94 bits per heavy atom. The topological polar surface area (TPSA) is 43.8 Å². The molecule has 1 heterocycles. The van der Waals surface area contributed by atoms with Crippen LogP contribution in [0.2, 0.25) is 0 Å². The second kappa shape index (κ2) is 9.28. The van der Waals surface area contributed by atoms with E-state index in [4.69, 9.17) is 5.11 Å². The minimum Gasteiger partial charge on any atom is -0.465 e. The molecule has 0 radical (unpaired) electrons. The van der Waals surface area contributed by atoms with Gasteiger partial charge in [-0.1, -0.05) is 27.7 Å². The van der Waals surface area contributed by atoms with Gasteiger partial charge in [0, 0.05) is 19.1 Å². The number of carboxylic acid groups (broad SMARTS) is 1. The van der Waals surface area contributed by atoms with Crippen molar-refractivity contribution in [1.29, 1.82) is 0 Å². The summed E-state index contributed by atoms with van der Waals surface area (Å²) in [5.41, 5.74) is 0. The van der Waals surface area contributed by atoms with E-state index in [0.717, 1.165) is 45.4 Å². The molecule has 1 fully saturated rings. The molecule has 1 aliphatic heterocycles. The average molecular weight is 244 g/mol. The van der Waals surface area contributed by atoms with E-state index in [1.165, 1.54) is 0 Å². The highest BCUT2D eigenvalue weighted by atomic mass is 16.4. The second-order valence-corrected chi connectivity index (χ2v) is 4.09. The third-order valence-corrected chi connectivity index (χ3v) is 3.30. The van der Waals surface area contributed by atoms with E-state index in [-0.39, 0.29) is 6.04 Å². The number of likely N-dealkylation sites (tertiary alicyclic amines) is 1. The fourth-order valence-electron chi connectivity index (χ4n) is 2.26. The lowest BCUT2D eigenvalue weighted by molar-refractivity contribution is 0.134. The molecule has 0 bridgehead atoms. The maximum absolute atomic E-state index is 10.9. The van der Waals surface area contributed by atoms with Crippen molar-refractivity contribution in [1.82, 2.24) is 9.80 Å². The van der Waals surface area contributed by atoms with Crippen LogP contribution in [0.15, 0.2) is 0 Å². The van der Waals surface area contributed by atoms with Gasteiger partial charge in [-0.3, -0.25) is 0 Å². The molecule has 0 aliphatic carbocycles. The number of nitrogens with zero attached hydrogens (tertiary/aromatic N) is 2. The minimum atomic E-state index is -0.753. The Hall–Kier alpha value is -0.770. The summed E-state index contributed by atoms with van der Waals surface area (Å²) in [7, 11) is 0. The van der Waals surface area contributed by atoms with Crippen LogP contribution in [0.25, 0.3) is 0 Å². The Kier molecular flexibility index (Phi) is 8.86. The Morgan fingerprint density at radius 1 is 1.35 bits per heavy atom. The van der Waals surface area contributed by atoms with Crippen molar-refractivity contribution in [2.75, 3.05) is 26.2 Å². The van der Waals surface area contributed by atoms with Gasteiger partial charge in [-0.25, -0.2) is 4.79 Å². The van der Waals surface area contributed by atoms with Gasteiger partial charge in [0.15, 0.2) is 0 Å². The summed E-state index contributed by atoms with van der Waals surface area (Å²) in [6.45, 7) is 12.1. The normalized spacial score (nSPS) is 19.1. The summed E-state index contributed by atoms with van der Waals surface area (Å²) in [5, 5.41) is 8.98. The molecule has 1 N–H and O–H groups in total. The van der Waals surface area contributed by atoms with Crippen molar-refractivity contribution in [3.63, 3.8) is 0 Å². The van der Waals surface area contributed by atoms with E-state index in [2.05, 4.69) is 18.7 Å². The lowest BCUT2D eigenvalue weighted by atomic mass is 10.1. The maximum Gasteiger partial charge on any atom is 0.407 e. The van der Waals surface area contributed by atoms with E-state index in [9.17, 15) is 4.79 Å². The van der Waals surface area contributed by atoms with Crippen molar-refractivity contribution in [2.24, 2.45) is 0 Å². The van der Waals surface area contributed by atoms with E-state index < -0.39 is 6.09 Å². The van der Waals surface area contributed by atoms with Crippen molar-refractivity contribution in [3.05, 3.63) is 0 Å². The van der Waals surface area contributed by atoms with Crippen LogP contribution in [0.3, 0.4) is 0 Å². The first kappa shape index (κ1) is 16.2. The molecule has 1 amide bonds. The number of amides is 1. The lowest BCUT2D eigenvalue weighted by Gasteiger charge is -2.25. The predicted octanol–water partition coefficient (Wildman–Crippen LogP) is 2.89. The minimum absolute atomic E-state index is 0.253. The molecular formula is C13H28N2O2. The zero-order valence-electron chi connectivity index (χ0n) is 11.8. The molecule has 17 heavy (non-hydrogen) atoms. The summed E-state index contributed by atoms with van der Waals surface area (Å²) >= 11 is 0. The monoisotopic (exact) mass is 244 g/mol. The van der Waals surface area contributed by atoms with Gasteiger partial charge in [-0.2, -0.15) is 0 Å². The van der Waals surface area contributed by atoms with Crippen LogP contribution in [-0.2, 0) is 0 Å². The highest BCUT2D eigenvalue weighted by molar-refractivity contribution is 5.65. The van der Waals surface area contributed by atoms with Crippen LogP contribution in [0.4, 0.5) is 4.79 Å². The van der Waals surface area contributed by atoms with Gasteiger partial charge >= 0.3 is 6.09 Å². The molecule has 0 aromatic carbocycles. The summed E-state index contributed by atoms with van der Waals surface area (Å²) < 4.78 is 0. The smallest absolute Gasteiger partial charge is 0.407 e. The first-order chi connectivity index (χ1) is 8.19. The fraction of sp³-hybridized carbons (Fsp3) is 0.923. The van der Waals surface area contributed by atoms with Gasteiger partial charge in [-0.05, 0) is 32.4 Å². The van der Waals surface area contributed by atoms with Crippen LogP contribution in [-0.4, -0.2) is 53.2 Å². The van der Waals surface area contributed by atoms with E-state index >= 15 is 0 Å². The first-order valence-corrected chi connectivity index (χ1v) is 6.91. The summed E-state index contributed by atoms with van der Waals surface area (Å²) in [4.78, 5) is 14.9. The Bertz CT molecular complexity index is 206. The molecule has 4 nitrogen and oxygen atoms in total. The van der Waals surface area contributed by atoms with E-state index in [1.54, 1.807) is 4.90 Å². The van der Waals surface area contributed by atoms with Crippen molar-refractivity contribution in [3.8, 4) is 0 Å². The molecule has 0 unspecified atom stereocenters. The highest BCUT2D eigenvalue weighted by Gasteiger charge is 2.28. The van der Waals surface area contributed by atoms with Gasteiger partial charge in [0.2, 0.25) is 0 Å². The van der Waals surface area contributed by atoms with Crippen LogP contribution >= 0.6 is 0 Å². The number of rotatable bonds is 5. The van der Waals surface area contributed by atoms with Gasteiger partial charge in [0.1, 0.15) is 0 Å². The number of hydrogen-bond acceptors (Lipinski definition) is 2. The average Bonchev–Trinajstić information content (AvgIpc) is 2.81. The Labute approximate surface area is 106 Å².